The van der Waals surface area contributed by atoms with Crippen LogP contribution in [0.1, 0.15) is 56.3 Å². The summed E-state index contributed by atoms with van der Waals surface area (Å²) in [5.41, 5.74) is 0.353. The zero-order chi connectivity index (χ0) is 19.4. The molecule has 2 fully saturated rings. The van der Waals surface area contributed by atoms with E-state index in [0.717, 1.165) is 25.9 Å². The number of likely N-dealkylation sites (tertiary alicyclic amines) is 1. The number of anilines is 1. The number of nitrogens with one attached hydrogen (secondary N) is 2. The molecule has 1 saturated heterocycles. The Morgan fingerprint density at radius 3 is 2.44 bits per heavy atom. The number of amides is 2. The highest BCUT2D eigenvalue weighted by molar-refractivity contribution is 5.94. The van der Waals surface area contributed by atoms with E-state index in [-0.39, 0.29) is 29.8 Å². The van der Waals surface area contributed by atoms with Crippen molar-refractivity contribution in [3.63, 3.8) is 0 Å². The molecule has 8 nitrogen and oxygen atoms in total. The number of aliphatic hydroxyl groups excluding tert-OH is 1. The Hall–Kier alpha value is -2.22. The van der Waals surface area contributed by atoms with Crippen LogP contribution < -0.4 is 10.6 Å². The Bertz CT molecular complexity index is 658. The van der Waals surface area contributed by atoms with Gasteiger partial charge in [0.2, 0.25) is 11.9 Å². The number of carbonyl (C=O) groups is 2. The summed E-state index contributed by atoms with van der Waals surface area (Å²) in [7, 11) is 0. The minimum atomic E-state index is -0.720. The van der Waals surface area contributed by atoms with E-state index in [9.17, 15) is 14.7 Å². The van der Waals surface area contributed by atoms with Gasteiger partial charge in [-0.05, 0) is 46.0 Å². The Kier molecular flexibility index (Phi) is 6.26. The van der Waals surface area contributed by atoms with Crippen LogP contribution in [0.3, 0.4) is 0 Å². The molecule has 2 aliphatic rings. The minimum absolute atomic E-state index is 0.143. The molecule has 3 atom stereocenters. The standard InChI is InChI=1S/C19H29N5O3/c1-12(2)22-19-20-10-14(11-21-19)17(26)23-15-6-5-13(9-16(15)25)18(27)24-7-3-4-8-24/h10-13,15-16,25H,3-9H2,1-2H3,(H,23,26)(H,20,21,22)/t13-,15-,16-/m0/s1. The van der Waals surface area contributed by atoms with Crippen molar-refractivity contribution < 1.29 is 14.7 Å². The normalized spacial score (nSPS) is 25.5. The Morgan fingerprint density at radius 1 is 1.19 bits per heavy atom. The van der Waals surface area contributed by atoms with Gasteiger partial charge >= 0.3 is 0 Å². The summed E-state index contributed by atoms with van der Waals surface area (Å²) in [6.07, 6.45) is 6.02. The second-order valence-corrected chi connectivity index (χ2v) is 7.78. The van der Waals surface area contributed by atoms with Gasteiger partial charge in [-0.3, -0.25) is 9.59 Å². The SMILES string of the molecule is CC(C)Nc1ncc(C(=O)N[C@H]2CC[C@H](C(=O)N3CCCC3)C[C@@H]2O)cn1. The van der Waals surface area contributed by atoms with Crippen LogP contribution in [0.2, 0.25) is 0 Å². The highest BCUT2D eigenvalue weighted by atomic mass is 16.3. The van der Waals surface area contributed by atoms with E-state index >= 15 is 0 Å². The van der Waals surface area contributed by atoms with Crippen LogP contribution >= 0.6 is 0 Å². The maximum Gasteiger partial charge on any atom is 0.254 e. The average Bonchev–Trinajstić information content (AvgIpc) is 3.17. The zero-order valence-corrected chi connectivity index (χ0v) is 16.0. The van der Waals surface area contributed by atoms with Crippen molar-refractivity contribution >= 4 is 17.8 Å². The van der Waals surface area contributed by atoms with Gasteiger partial charge < -0.3 is 20.6 Å². The third kappa shape index (κ3) is 4.94. The lowest BCUT2D eigenvalue weighted by Crippen LogP contribution is -2.49. The van der Waals surface area contributed by atoms with Gasteiger partial charge in [-0.25, -0.2) is 9.97 Å². The van der Waals surface area contributed by atoms with Crippen molar-refractivity contribution in [3.8, 4) is 0 Å². The number of aliphatic hydroxyl groups is 1. The molecular weight excluding hydrogens is 346 g/mol. The lowest BCUT2D eigenvalue weighted by Gasteiger charge is -2.34. The van der Waals surface area contributed by atoms with Crippen molar-refractivity contribution in [1.29, 1.82) is 0 Å². The molecular formula is C19H29N5O3. The van der Waals surface area contributed by atoms with Gasteiger partial charge in [-0.15, -0.1) is 0 Å². The summed E-state index contributed by atoms with van der Waals surface area (Å²) in [5, 5.41) is 16.4. The van der Waals surface area contributed by atoms with Crippen molar-refractivity contribution in [1.82, 2.24) is 20.2 Å². The Balaban J connectivity index is 1.52. The molecule has 148 valence electrons. The van der Waals surface area contributed by atoms with Gasteiger partial charge in [0.25, 0.3) is 5.91 Å². The smallest absolute Gasteiger partial charge is 0.254 e. The first kappa shape index (κ1) is 19.5. The summed E-state index contributed by atoms with van der Waals surface area (Å²) in [6, 6.07) is -0.146. The first-order valence-electron chi connectivity index (χ1n) is 9.80. The molecule has 2 amide bonds. The maximum absolute atomic E-state index is 12.5. The molecule has 0 spiro atoms. The predicted octanol–water partition coefficient (Wildman–Crippen LogP) is 1.18. The molecule has 1 aromatic rings. The molecule has 1 saturated carbocycles. The largest absolute Gasteiger partial charge is 0.391 e. The lowest BCUT2D eigenvalue weighted by atomic mass is 9.83. The number of hydrogen-bond donors (Lipinski definition) is 3. The van der Waals surface area contributed by atoms with Crippen LogP contribution in [0.15, 0.2) is 12.4 Å². The molecule has 27 heavy (non-hydrogen) atoms. The molecule has 1 aliphatic heterocycles. The average molecular weight is 375 g/mol. The molecule has 0 bridgehead atoms. The zero-order valence-electron chi connectivity index (χ0n) is 16.0. The van der Waals surface area contributed by atoms with E-state index in [4.69, 9.17) is 0 Å². The second kappa shape index (κ2) is 8.65. The van der Waals surface area contributed by atoms with E-state index < -0.39 is 6.10 Å². The fourth-order valence-corrected chi connectivity index (χ4v) is 3.76. The van der Waals surface area contributed by atoms with Gasteiger partial charge in [0.15, 0.2) is 0 Å². The van der Waals surface area contributed by atoms with Gasteiger partial charge in [0, 0.05) is 37.4 Å². The number of aromatic nitrogens is 2. The monoisotopic (exact) mass is 375 g/mol. The van der Waals surface area contributed by atoms with E-state index in [1.807, 2.05) is 18.7 Å². The first-order valence-corrected chi connectivity index (χ1v) is 9.80. The van der Waals surface area contributed by atoms with Crippen molar-refractivity contribution in [3.05, 3.63) is 18.0 Å². The number of hydrogen-bond acceptors (Lipinski definition) is 6. The van der Waals surface area contributed by atoms with E-state index in [1.54, 1.807) is 0 Å². The Labute approximate surface area is 159 Å². The molecule has 3 N–H and O–H groups in total. The van der Waals surface area contributed by atoms with Gasteiger partial charge in [-0.1, -0.05) is 0 Å². The molecule has 1 aromatic heterocycles. The summed E-state index contributed by atoms with van der Waals surface area (Å²) in [6.45, 7) is 5.62. The van der Waals surface area contributed by atoms with E-state index in [1.165, 1.54) is 12.4 Å². The van der Waals surface area contributed by atoms with Crippen LogP contribution in [-0.2, 0) is 4.79 Å². The van der Waals surface area contributed by atoms with Crippen LogP contribution in [0.25, 0.3) is 0 Å². The molecule has 2 heterocycles. The minimum Gasteiger partial charge on any atom is -0.391 e. The van der Waals surface area contributed by atoms with Crippen LogP contribution in [0, 0.1) is 5.92 Å². The van der Waals surface area contributed by atoms with Crippen LogP contribution in [0.5, 0.6) is 0 Å². The summed E-state index contributed by atoms with van der Waals surface area (Å²) in [4.78, 5) is 35.1. The molecule has 3 rings (SSSR count). The van der Waals surface area contributed by atoms with Crippen LogP contribution in [-0.4, -0.2) is 63.1 Å². The van der Waals surface area contributed by atoms with Gasteiger partial charge in [-0.2, -0.15) is 0 Å². The molecule has 0 aromatic carbocycles. The maximum atomic E-state index is 12.5. The van der Waals surface area contributed by atoms with Gasteiger partial charge in [0.05, 0.1) is 17.7 Å². The molecule has 0 unspecified atom stereocenters. The second-order valence-electron chi connectivity index (χ2n) is 7.78. The molecule has 1 aliphatic carbocycles. The van der Waals surface area contributed by atoms with Gasteiger partial charge in [0.1, 0.15) is 0 Å². The number of carbonyl (C=O) groups excluding carboxylic acids is 2. The predicted molar refractivity (Wildman–Crippen MR) is 101 cm³/mol. The summed E-state index contributed by atoms with van der Waals surface area (Å²) >= 11 is 0. The van der Waals surface area contributed by atoms with Crippen molar-refractivity contribution in [2.24, 2.45) is 5.92 Å². The summed E-state index contributed by atoms with van der Waals surface area (Å²) in [5.74, 6) is 0.177. The quantitative estimate of drug-likeness (QED) is 0.713. The highest BCUT2D eigenvalue weighted by Gasteiger charge is 2.36. The third-order valence-electron chi connectivity index (χ3n) is 5.23. The lowest BCUT2D eigenvalue weighted by molar-refractivity contribution is -0.137. The van der Waals surface area contributed by atoms with E-state index in [0.29, 0.717) is 30.8 Å². The first-order chi connectivity index (χ1) is 12.9. The highest BCUT2D eigenvalue weighted by Crippen LogP contribution is 2.28. The molecule has 0 radical (unpaired) electrons. The topological polar surface area (TPSA) is 107 Å². The Morgan fingerprint density at radius 2 is 1.85 bits per heavy atom. The van der Waals surface area contributed by atoms with Crippen molar-refractivity contribution in [2.75, 3.05) is 18.4 Å². The summed E-state index contributed by atoms with van der Waals surface area (Å²) < 4.78 is 0. The molecule has 8 heteroatoms. The van der Waals surface area contributed by atoms with Crippen molar-refractivity contribution in [2.45, 2.75) is 64.1 Å². The van der Waals surface area contributed by atoms with Crippen LogP contribution in [0.4, 0.5) is 5.95 Å². The van der Waals surface area contributed by atoms with E-state index in [2.05, 4.69) is 20.6 Å². The number of rotatable bonds is 5. The third-order valence-corrected chi connectivity index (χ3v) is 5.23. The fourth-order valence-electron chi connectivity index (χ4n) is 3.76. The number of nitrogens with zero attached hydrogens (tertiary/aromatic N) is 3. The fraction of sp³-hybridized carbons (Fsp3) is 0.684.